The van der Waals surface area contributed by atoms with Crippen LogP contribution in [-0.4, -0.2) is 12.5 Å². The Kier molecular flexibility index (Phi) is 6.97. The lowest BCUT2D eigenvalue weighted by atomic mass is 9.98. The minimum atomic E-state index is -0.604. The number of fused-ring (bicyclic) bond motifs is 2. The number of ether oxygens (including phenoxy) is 1. The maximum Gasteiger partial charge on any atom is 0.295 e. The summed E-state index contributed by atoms with van der Waals surface area (Å²) in [4.78, 5) is 29.1. The van der Waals surface area contributed by atoms with Crippen molar-refractivity contribution in [1.82, 2.24) is 0 Å². The molecule has 0 bridgehead atoms. The topological polar surface area (TPSA) is 59.8 Å². The fraction of sp³-hybridized carbons (Fsp3) is 0.267. The first-order valence-corrected chi connectivity index (χ1v) is 13.2. The molecule has 1 aromatic heterocycles. The van der Waals surface area contributed by atoms with E-state index in [1.807, 2.05) is 55.5 Å². The summed E-state index contributed by atoms with van der Waals surface area (Å²) in [5, 5.41) is 0.444. The predicted molar refractivity (Wildman–Crippen MR) is 146 cm³/mol. The van der Waals surface area contributed by atoms with Crippen LogP contribution in [0, 0.1) is 6.92 Å². The van der Waals surface area contributed by atoms with Gasteiger partial charge in [-0.15, -0.1) is 0 Å². The number of carbonyl (C=O) groups is 1. The van der Waals surface area contributed by atoms with Gasteiger partial charge in [-0.2, -0.15) is 0 Å². The van der Waals surface area contributed by atoms with Crippen LogP contribution in [0.2, 0.25) is 0 Å². The molecule has 0 saturated heterocycles. The van der Waals surface area contributed by atoms with E-state index in [1.165, 1.54) is 12.8 Å². The van der Waals surface area contributed by atoms with Crippen LogP contribution in [0.3, 0.4) is 0 Å². The Morgan fingerprint density at radius 3 is 2.53 bits per heavy atom. The molecule has 5 rings (SSSR count). The molecule has 36 heavy (non-hydrogen) atoms. The lowest BCUT2D eigenvalue weighted by Crippen LogP contribution is -2.29. The largest absolute Gasteiger partial charge is 0.494 e. The smallest absolute Gasteiger partial charge is 0.295 e. The highest BCUT2D eigenvalue weighted by molar-refractivity contribution is 9.10. The van der Waals surface area contributed by atoms with Crippen LogP contribution >= 0.6 is 15.9 Å². The fourth-order valence-corrected chi connectivity index (χ4v) is 5.13. The Labute approximate surface area is 218 Å². The molecule has 0 radical (unpaired) electrons. The average molecular weight is 546 g/mol. The number of carbonyl (C=O) groups excluding carboxylic acids is 1. The van der Waals surface area contributed by atoms with Crippen LogP contribution in [0.4, 0.5) is 5.69 Å². The molecule has 0 spiro atoms. The third-order valence-electron chi connectivity index (χ3n) is 6.57. The number of nitrogens with zero attached hydrogens (tertiary/aromatic N) is 1. The van der Waals surface area contributed by atoms with E-state index < -0.39 is 6.04 Å². The van der Waals surface area contributed by atoms with Crippen LogP contribution in [0.1, 0.15) is 65.9 Å². The highest BCUT2D eigenvalue weighted by Gasteiger charge is 2.43. The first kappa shape index (κ1) is 24.3. The number of unbranched alkanes of at least 4 members (excludes halogenated alkanes) is 3. The minimum Gasteiger partial charge on any atom is -0.494 e. The maximum absolute atomic E-state index is 13.8. The number of hydrogen-bond donors (Lipinski definition) is 0. The molecule has 1 aliphatic rings. The fourth-order valence-electron chi connectivity index (χ4n) is 4.77. The van der Waals surface area contributed by atoms with Crippen molar-refractivity contribution >= 4 is 38.5 Å². The van der Waals surface area contributed by atoms with Gasteiger partial charge < -0.3 is 9.15 Å². The summed E-state index contributed by atoms with van der Waals surface area (Å²) in [6.07, 6.45) is 4.57. The lowest BCUT2D eigenvalue weighted by Gasteiger charge is -2.25. The predicted octanol–water partition coefficient (Wildman–Crippen LogP) is 7.57. The monoisotopic (exact) mass is 545 g/mol. The van der Waals surface area contributed by atoms with Crippen LogP contribution in [0.5, 0.6) is 5.75 Å². The zero-order valence-electron chi connectivity index (χ0n) is 20.4. The number of rotatable bonds is 8. The first-order chi connectivity index (χ1) is 17.5. The van der Waals surface area contributed by atoms with Crippen molar-refractivity contribution in [2.45, 2.75) is 45.6 Å². The van der Waals surface area contributed by atoms with Crippen molar-refractivity contribution in [1.29, 1.82) is 0 Å². The van der Waals surface area contributed by atoms with E-state index in [4.69, 9.17) is 9.15 Å². The molecule has 2 heterocycles. The number of benzene rings is 3. The van der Waals surface area contributed by atoms with Gasteiger partial charge in [-0.05, 0) is 66.9 Å². The van der Waals surface area contributed by atoms with E-state index in [2.05, 4.69) is 22.9 Å². The maximum atomic E-state index is 13.8. The Morgan fingerprint density at radius 1 is 0.972 bits per heavy atom. The lowest BCUT2D eigenvalue weighted by molar-refractivity contribution is 0.0971. The highest BCUT2D eigenvalue weighted by Crippen LogP contribution is 2.41. The molecule has 4 aromatic rings. The molecule has 6 heteroatoms. The molecular formula is C30H28BrNO4. The van der Waals surface area contributed by atoms with Crippen molar-refractivity contribution in [3.05, 3.63) is 104 Å². The standard InChI is InChI=1S/C30H28BrNO4/c1-3-4-5-6-16-35-23-13-10-20(11-14-23)27-26-28(33)24-18-21(31)12-15-25(24)36-29(26)30(34)32(27)22-9-7-8-19(2)17-22/h7-15,17-18,27H,3-6,16H2,1-2H3. The molecule has 0 fully saturated rings. The Morgan fingerprint density at radius 2 is 1.78 bits per heavy atom. The summed E-state index contributed by atoms with van der Waals surface area (Å²) in [6.45, 7) is 4.84. The molecule has 1 aliphatic heterocycles. The first-order valence-electron chi connectivity index (χ1n) is 12.4. The van der Waals surface area contributed by atoms with Crippen LogP contribution in [0.25, 0.3) is 11.0 Å². The number of hydrogen-bond acceptors (Lipinski definition) is 4. The molecule has 1 atom stereocenters. The van der Waals surface area contributed by atoms with E-state index in [9.17, 15) is 9.59 Å². The molecule has 1 unspecified atom stereocenters. The minimum absolute atomic E-state index is 0.0950. The SMILES string of the molecule is CCCCCCOc1ccc(C2c3c(oc4ccc(Br)cc4c3=O)C(=O)N2c2cccc(C)c2)cc1. The normalized spacial score (nSPS) is 14.9. The second-order valence-electron chi connectivity index (χ2n) is 9.21. The summed E-state index contributed by atoms with van der Waals surface area (Å²) in [5.74, 6) is 0.549. The van der Waals surface area contributed by atoms with Crippen molar-refractivity contribution in [3.8, 4) is 5.75 Å². The highest BCUT2D eigenvalue weighted by atomic mass is 79.9. The Balaban J connectivity index is 1.58. The van der Waals surface area contributed by atoms with Crippen LogP contribution in [-0.2, 0) is 0 Å². The number of aryl methyl sites for hydroxylation is 1. The number of amides is 1. The second kappa shape index (κ2) is 10.3. The van der Waals surface area contributed by atoms with Crippen molar-refractivity contribution in [3.63, 3.8) is 0 Å². The van der Waals surface area contributed by atoms with Gasteiger partial charge in [0.15, 0.2) is 5.43 Å². The van der Waals surface area contributed by atoms with Crippen molar-refractivity contribution < 1.29 is 13.9 Å². The van der Waals surface area contributed by atoms with E-state index in [1.54, 1.807) is 23.1 Å². The summed E-state index contributed by atoms with van der Waals surface area (Å²) in [5.41, 5.74) is 3.13. The van der Waals surface area contributed by atoms with Gasteiger partial charge >= 0.3 is 0 Å². The summed E-state index contributed by atoms with van der Waals surface area (Å²) in [6, 6.07) is 20.1. The Hall–Kier alpha value is -3.38. The molecule has 3 aromatic carbocycles. The van der Waals surface area contributed by atoms with Crippen LogP contribution in [0.15, 0.2) is 80.4 Å². The third kappa shape index (κ3) is 4.58. The third-order valence-corrected chi connectivity index (χ3v) is 7.07. The molecule has 0 saturated carbocycles. The van der Waals surface area contributed by atoms with Gasteiger partial charge in [0.25, 0.3) is 5.91 Å². The van der Waals surface area contributed by atoms with Crippen LogP contribution < -0.4 is 15.1 Å². The van der Waals surface area contributed by atoms with E-state index in [0.717, 1.165) is 39.9 Å². The van der Waals surface area contributed by atoms with Gasteiger partial charge in [0.2, 0.25) is 5.76 Å². The van der Waals surface area contributed by atoms with Crippen molar-refractivity contribution in [2.75, 3.05) is 11.5 Å². The molecular weight excluding hydrogens is 518 g/mol. The van der Waals surface area contributed by atoms with E-state index >= 15 is 0 Å². The van der Waals surface area contributed by atoms with Gasteiger partial charge in [-0.25, -0.2) is 0 Å². The van der Waals surface area contributed by atoms with Gasteiger partial charge in [-0.3, -0.25) is 14.5 Å². The summed E-state index contributed by atoms with van der Waals surface area (Å²) >= 11 is 3.45. The zero-order chi connectivity index (χ0) is 25.2. The molecule has 0 aliphatic carbocycles. The van der Waals surface area contributed by atoms with Gasteiger partial charge in [0.1, 0.15) is 11.3 Å². The molecule has 1 amide bonds. The Bertz CT molecular complexity index is 1480. The van der Waals surface area contributed by atoms with Gasteiger partial charge in [0.05, 0.1) is 23.6 Å². The quantitative estimate of drug-likeness (QED) is 0.214. The second-order valence-corrected chi connectivity index (χ2v) is 10.1. The average Bonchev–Trinajstić information content (AvgIpc) is 3.17. The van der Waals surface area contributed by atoms with E-state index in [0.29, 0.717) is 23.1 Å². The van der Waals surface area contributed by atoms with Crippen molar-refractivity contribution in [2.24, 2.45) is 0 Å². The molecule has 184 valence electrons. The molecule has 5 nitrogen and oxygen atoms in total. The van der Waals surface area contributed by atoms with Gasteiger partial charge in [-0.1, -0.05) is 66.4 Å². The zero-order valence-corrected chi connectivity index (χ0v) is 22.0. The van der Waals surface area contributed by atoms with Gasteiger partial charge in [0, 0.05) is 10.2 Å². The number of anilines is 1. The number of halogens is 1. The summed E-state index contributed by atoms with van der Waals surface area (Å²) < 4.78 is 12.8. The molecule has 0 N–H and O–H groups in total. The summed E-state index contributed by atoms with van der Waals surface area (Å²) in [7, 11) is 0. The van der Waals surface area contributed by atoms with E-state index in [-0.39, 0.29) is 17.1 Å².